The Hall–Kier alpha value is -0.600. The molecular weight excluding hydrogens is 259 g/mol. The molecular formula is C9H14F3NO3S. The van der Waals surface area contributed by atoms with Gasteiger partial charge in [0, 0.05) is 18.1 Å². The largest absolute Gasteiger partial charge is 0.411 e. The molecule has 1 aliphatic rings. The predicted molar refractivity (Wildman–Crippen MR) is 56.2 cm³/mol. The minimum Gasteiger partial charge on any atom is -0.372 e. The molecule has 1 aliphatic heterocycles. The summed E-state index contributed by atoms with van der Waals surface area (Å²) in [6.45, 7) is -0.831. The SMILES string of the molecule is O=S1(=O)C=CC(NCCCOCC(F)(F)F)C1. The Bertz CT molecular complexity index is 364. The normalized spacial score (nSPS) is 23.1. The molecule has 0 fully saturated rings. The number of halogens is 3. The smallest absolute Gasteiger partial charge is 0.372 e. The molecule has 1 N–H and O–H groups in total. The van der Waals surface area contributed by atoms with Crippen LogP contribution in [0.5, 0.6) is 0 Å². The fraction of sp³-hybridized carbons (Fsp3) is 0.778. The Balaban J connectivity index is 2.01. The summed E-state index contributed by atoms with van der Waals surface area (Å²) in [6, 6.07) is -0.248. The lowest BCUT2D eigenvalue weighted by atomic mass is 10.3. The van der Waals surface area contributed by atoms with Crippen LogP contribution in [0.25, 0.3) is 0 Å². The number of alkyl halides is 3. The van der Waals surface area contributed by atoms with Crippen LogP contribution in [0.15, 0.2) is 11.5 Å². The number of sulfone groups is 1. The maximum Gasteiger partial charge on any atom is 0.411 e. The third-order valence-corrected chi connectivity index (χ3v) is 3.46. The van der Waals surface area contributed by atoms with E-state index in [1.165, 1.54) is 6.08 Å². The van der Waals surface area contributed by atoms with E-state index in [0.717, 1.165) is 5.41 Å². The van der Waals surface area contributed by atoms with E-state index in [0.29, 0.717) is 13.0 Å². The molecule has 1 heterocycles. The van der Waals surface area contributed by atoms with Crippen LogP contribution in [0.3, 0.4) is 0 Å². The van der Waals surface area contributed by atoms with Crippen LogP contribution in [-0.4, -0.2) is 46.1 Å². The summed E-state index contributed by atoms with van der Waals surface area (Å²) < 4.78 is 61.5. The van der Waals surface area contributed by atoms with Crippen molar-refractivity contribution in [2.24, 2.45) is 0 Å². The lowest BCUT2D eigenvalue weighted by molar-refractivity contribution is -0.173. The van der Waals surface area contributed by atoms with E-state index >= 15 is 0 Å². The number of hydrogen-bond donors (Lipinski definition) is 1. The molecule has 0 amide bonds. The topological polar surface area (TPSA) is 55.4 Å². The Morgan fingerprint density at radius 1 is 1.41 bits per heavy atom. The van der Waals surface area contributed by atoms with E-state index in [2.05, 4.69) is 10.1 Å². The molecule has 0 saturated carbocycles. The van der Waals surface area contributed by atoms with Gasteiger partial charge in [0.1, 0.15) is 6.61 Å². The third-order valence-electron chi connectivity index (χ3n) is 2.07. The van der Waals surface area contributed by atoms with Crippen molar-refractivity contribution < 1.29 is 26.3 Å². The number of ether oxygens (including phenoxy) is 1. The average Bonchev–Trinajstić information content (AvgIpc) is 2.50. The fourth-order valence-corrected chi connectivity index (χ4v) is 2.62. The van der Waals surface area contributed by atoms with Gasteiger partial charge in [-0.3, -0.25) is 0 Å². The molecule has 8 heteroatoms. The van der Waals surface area contributed by atoms with Gasteiger partial charge in [-0.2, -0.15) is 13.2 Å². The van der Waals surface area contributed by atoms with Crippen LogP contribution < -0.4 is 5.32 Å². The monoisotopic (exact) mass is 273 g/mol. The average molecular weight is 273 g/mol. The first-order valence-electron chi connectivity index (χ1n) is 5.07. The van der Waals surface area contributed by atoms with Crippen LogP contribution in [-0.2, 0) is 14.6 Å². The lowest BCUT2D eigenvalue weighted by Gasteiger charge is -2.10. The first-order valence-corrected chi connectivity index (χ1v) is 6.79. The quantitative estimate of drug-likeness (QED) is 0.729. The highest BCUT2D eigenvalue weighted by Crippen LogP contribution is 2.14. The minimum absolute atomic E-state index is 0.00427. The predicted octanol–water partition coefficient (Wildman–Crippen LogP) is 0.856. The van der Waals surface area contributed by atoms with Gasteiger partial charge < -0.3 is 10.1 Å². The molecule has 0 aliphatic carbocycles. The van der Waals surface area contributed by atoms with Crippen molar-refractivity contribution >= 4 is 9.84 Å². The zero-order valence-corrected chi connectivity index (χ0v) is 9.85. The first-order chi connectivity index (χ1) is 7.79. The van der Waals surface area contributed by atoms with Gasteiger partial charge in [-0.1, -0.05) is 6.08 Å². The maximum absolute atomic E-state index is 11.7. The summed E-state index contributed by atoms with van der Waals surface area (Å²) in [5, 5.41) is 4.05. The Labute approximate surface area is 97.7 Å². The van der Waals surface area contributed by atoms with Crippen LogP contribution in [0.1, 0.15) is 6.42 Å². The standard InChI is InChI=1S/C9H14F3NO3S/c10-9(11,12)7-16-4-1-3-13-8-2-5-17(14,15)6-8/h2,5,8,13H,1,3-4,6-7H2. The zero-order valence-electron chi connectivity index (χ0n) is 9.03. The lowest BCUT2D eigenvalue weighted by Crippen LogP contribution is -2.31. The summed E-state index contributed by atoms with van der Waals surface area (Å²) in [4.78, 5) is 0. The van der Waals surface area contributed by atoms with Gasteiger partial charge in [-0.05, 0) is 13.0 Å². The van der Waals surface area contributed by atoms with Crippen LogP contribution in [0, 0.1) is 0 Å². The van der Waals surface area contributed by atoms with E-state index in [-0.39, 0.29) is 18.4 Å². The van der Waals surface area contributed by atoms with Crippen LogP contribution in [0.2, 0.25) is 0 Å². The summed E-state index contributed by atoms with van der Waals surface area (Å²) in [6.07, 6.45) is -2.36. The third kappa shape index (κ3) is 6.64. The van der Waals surface area contributed by atoms with Crippen molar-refractivity contribution in [1.82, 2.24) is 5.32 Å². The van der Waals surface area contributed by atoms with E-state index in [1.54, 1.807) is 0 Å². The molecule has 0 aromatic carbocycles. The highest BCUT2D eigenvalue weighted by molar-refractivity contribution is 7.94. The van der Waals surface area contributed by atoms with Crippen molar-refractivity contribution in [3.63, 3.8) is 0 Å². The number of nitrogens with one attached hydrogen (secondary N) is 1. The molecule has 17 heavy (non-hydrogen) atoms. The second-order valence-electron chi connectivity index (χ2n) is 3.74. The van der Waals surface area contributed by atoms with Gasteiger partial charge in [-0.25, -0.2) is 8.42 Å². The first kappa shape index (κ1) is 14.5. The van der Waals surface area contributed by atoms with Crippen LogP contribution in [0.4, 0.5) is 13.2 Å². The van der Waals surface area contributed by atoms with Gasteiger partial charge in [0.05, 0.1) is 5.75 Å². The van der Waals surface area contributed by atoms with Crippen molar-refractivity contribution in [2.75, 3.05) is 25.5 Å². The molecule has 1 atom stereocenters. The molecule has 4 nitrogen and oxygen atoms in total. The molecule has 0 radical (unpaired) electrons. The summed E-state index contributed by atoms with van der Waals surface area (Å²) >= 11 is 0. The summed E-state index contributed by atoms with van der Waals surface area (Å²) in [7, 11) is -3.09. The summed E-state index contributed by atoms with van der Waals surface area (Å²) in [5.41, 5.74) is 0. The highest BCUT2D eigenvalue weighted by Gasteiger charge is 2.27. The van der Waals surface area contributed by atoms with Gasteiger partial charge in [-0.15, -0.1) is 0 Å². The number of rotatable bonds is 6. The summed E-state index contributed by atoms with van der Waals surface area (Å²) in [5.74, 6) is 0.0103. The molecule has 0 spiro atoms. The van der Waals surface area contributed by atoms with Gasteiger partial charge in [0.15, 0.2) is 9.84 Å². The molecule has 0 saturated heterocycles. The fourth-order valence-electron chi connectivity index (χ4n) is 1.35. The Kier molecular flexibility index (Phi) is 4.96. The maximum atomic E-state index is 11.7. The number of hydrogen-bond acceptors (Lipinski definition) is 4. The van der Waals surface area contributed by atoms with Crippen molar-refractivity contribution in [3.05, 3.63) is 11.5 Å². The van der Waals surface area contributed by atoms with Gasteiger partial charge >= 0.3 is 6.18 Å². The molecule has 0 aromatic rings. The Morgan fingerprint density at radius 2 is 2.12 bits per heavy atom. The van der Waals surface area contributed by atoms with Gasteiger partial charge in [0.25, 0.3) is 0 Å². The van der Waals surface area contributed by atoms with E-state index < -0.39 is 22.6 Å². The second-order valence-corrected chi connectivity index (χ2v) is 5.67. The zero-order chi connectivity index (χ0) is 12.9. The van der Waals surface area contributed by atoms with E-state index in [4.69, 9.17) is 0 Å². The molecule has 1 rings (SSSR count). The molecule has 1 unspecified atom stereocenters. The van der Waals surface area contributed by atoms with E-state index in [9.17, 15) is 21.6 Å². The highest BCUT2D eigenvalue weighted by atomic mass is 32.2. The van der Waals surface area contributed by atoms with E-state index in [1.807, 2.05) is 0 Å². The minimum atomic E-state index is -4.30. The van der Waals surface area contributed by atoms with Gasteiger partial charge in [0.2, 0.25) is 0 Å². The van der Waals surface area contributed by atoms with Crippen LogP contribution >= 0.6 is 0 Å². The molecule has 0 bridgehead atoms. The van der Waals surface area contributed by atoms with Crippen molar-refractivity contribution in [1.29, 1.82) is 0 Å². The second kappa shape index (κ2) is 5.83. The van der Waals surface area contributed by atoms with Crippen molar-refractivity contribution in [2.45, 2.75) is 18.6 Å². The van der Waals surface area contributed by atoms with Crippen molar-refractivity contribution in [3.8, 4) is 0 Å². The molecule has 100 valence electrons. The Morgan fingerprint density at radius 3 is 2.65 bits per heavy atom. The molecule has 0 aromatic heterocycles.